The number of hydrogen-bond donors (Lipinski definition) is 3. The monoisotopic (exact) mass is 544 g/mol. The summed E-state index contributed by atoms with van der Waals surface area (Å²) in [5.41, 5.74) is 3.67. The summed E-state index contributed by atoms with van der Waals surface area (Å²) in [7, 11) is -4.09. The lowest BCUT2D eigenvalue weighted by Gasteiger charge is -2.26. The van der Waals surface area contributed by atoms with E-state index in [1.54, 1.807) is 0 Å². The number of hydrogen-bond acceptors (Lipinski definition) is 10. The lowest BCUT2D eigenvalue weighted by molar-refractivity contribution is 0.0697. The van der Waals surface area contributed by atoms with Crippen molar-refractivity contribution in [1.82, 2.24) is 9.97 Å². The van der Waals surface area contributed by atoms with Crippen LogP contribution in [0.5, 0.6) is 0 Å². The van der Waals surface area contributed by atoms with Gasteiger partial charge < -0.3 is 15.2 Å². The smallest absolute Gasteiger partial charge is 0.333 e. The molecule has 0 radical (unpaired) electrons. The van der Waals surface area contributed by atoms with Crippen LogP contribution >= 0.6 is 11.3 Å². The van der Waals surface area contributed by atoms with Gasteiger partial charge in [0.05, 0.1) is 29.8 Å². The number of rotatable bonds is 8. The van der Waals surface area contributed by atoms with E-state index in [4.69, 9.17) is 9.88 Å². The van der Waals surface area contributed by atoms with Crippen LogP contribution in [0.25, 0.3) is 0 Å². The van der Waals surface area contributed by atoms with Crippen LogP contribution in [-0.4, -0.2) is 54.6 Å². The van der Waals surface area contributed by atoms with E-state index in [-0.39, 0.29) is 24.5 Å². The molecule has 2 aromatic heterocycles. The summed E-state index contributed by atoms with van der Waals surface area (Å²) in [4.78, 5) is 23.5. The van der Waals surface area contributed by atoms with Gasteiger partial charge in [-0.2, -0.15) is 8.42 Å². The van der Waals surface area contributed by atoms with Gasteiger partial charge in [-0.25, -0.2) is 15.1 Å². The zero-order valence-electron chi connectivity index (χ0n) is 20.2. The summed E-state index contributed by atoms with van der Waals surface area (Å²) in [6.07, 6.45) is 3.47. The van der Waals surface area contributed by atoms with Gasteiger partial charge in [0.15, 0.2) is 0 Å². The van der Waals surface area contributed by atoms with Crippen molar-refractivity contribution >= 4 is 33.2 Å². The first kappa shape index (κ1) is 25.9. The first-order valence-electron chi connectivity index (χ1n) is 12.0. The molecule has 196 valence electrons. The van der Waals surface area contributed by atoms with Crippen molar-refractivity contribution in [3.8, 4) is 0 Å². The molecule has 0 bridgehead atoms. The van der Waals surface area contributed by atoms with E-state index in [0.717, 1.165) is 22.4 Å². The van der Waals surface area contributed by atoms with Gasteiger partial charge in [-0.1, -0.05) is 24.3 Å². The molecule has 1 aliphatic heterocycles. The van der Waals surface area contributed by atoms with E-state index in [9.17, 15) is 18.3 Å². The number of aryl methyl sites for hydroxylation is 1. The molecule has 1 aliphatic carbocycles. The summed E-state index contributed by atoms with van der Waals surface area (Å²) < 4.78 is 33.0. The average Bonchev–Trinajstić information content (AvgIpc) is 3.43. The second-order valence-electron chi connectivity index (χ2n) is 9.35. The summed E-state index contributed by atoms with van der Waals surface area (Å²) in [5.74, 6) is -0.269. The Morgan fingerprint density at radius 1 is 1.30 bits per heavy atom. The minimum Gasteiger partial charge on any atom is -0.393 e. The van der Waals surface area contributed by atoms with Gasteiger partial charge >= 0.3 is 10.3 Å². The number of ketones is 1. The van der Waals surface area contributed by atoms with E-state index in [1.807, 2.05) is 25.1 Å². The van der Waals surface area contributed by atoms with Crippen molar-refractivity contribution in [3.63, 3.8) is 0 Å². The summed E-state index contributed by atoms with van der Waals surface area (Å²) >= 11 is 1.41. The Labute approximate surface area is 219 Å². The Morgan fingerprint density at radius 2 is 2.11 bits per heavy atom. The Morgan fingerprint density at radius 3 is 2.92 bits per heavy atom. The van der Waals surface area contributed by atoms with Gasteiger partial charge in [-0.3, -0.25) is 8.98 Å². The van der Waals surface area contributed by atoms with Gasteiger partial charge in [-0.15, -0.1) is 11.3 Å². The minimum absolute atomic E-state index is 0.209. The van der Waals surface area contributed by atoms with Gasteiger partial charge in [0, 0.05) is 23.0 Å². The number of ether oxygens (including phenoxy) is 1. The zero-order valence-corrected chi connectivity index (χ0v) is 21.8. The van der Waals surface area contributed by atoms with E-state index >= 15 is 0 Å². The number of carbonyl (C=O) groups excluding carboxylic acids is 1. The van der Waals surface area contributed by atoms with Crippen LogP contribution in [-0.2, 0) is 25.6 Å². The average molecular weight is 545 g/mol. The van der Waals surface area contributed by atoms with E-state index in [2.05, 4.69) is 31.6 Å². The number of aliphatic hydroxyl groups excluding tert-OH is 1. The fourth-order valence-corrected chi connectivity index (χ4v) is 6.41. The van der Waals surface area contributed by atoms with Crippen molar-refractivity contribution in [2.24, 2.45) is 11.1 Å². The highest BCUT2D eigenvalue weighted by atomic mass is 32.2. The molecule has 4 atom stereocenters. The van der Waals surface area contributed by atoms with Crippen LogP contribution in [0, 0.1) is 12.8 Å². The largest absolute Gasteiger partial charge is 0.393 e. The summed E-state index contributed by atoms with van der Waals surface area (Å²) in [5, 5.41) is 18.5. The second kappa shape index (κ2) is 10.6. The first-order chi connectivity index (χ1) is 17.7. The number of fused-ring (bicyclic) bond motifs is 1. The highest BCUT2D eigenvalue weighted by molar-refractivity contribution is 7.84. The number of nitrogens with two attached hydrogens (primary N) is 1. The Bertz CT molecular complexity index is 1410. The SMILES string of the molecule is Cc1sc(C(=O)c2cncnc2N[C@@H]2C[C@H](COS(N)(=O)=O)[C@@H](O)C2)cc1[C@@H]1OCCc2ccccc21. The van der Waals surface area contributed by atoms with E-state index in [1.165, 1.54) is 29.4 Å². The van der Waals surface area contributed by atoms with Crippen LogP contribution in [0.15, 0.2) is 42.9 Å². The minimum atomic E-state index is -4.09. The van der Waals surface area contributed by atoms with Crippen molar-refractivity contribution < 1.29 is 27.2 Å². The van der Waals surface area contributed by atoms with Crippen LogP contribution in [0.2, 0.25) is 0 Å². The number of carbonyl (C=O) groups is 1. The predicted molar refractivity (Wildman–Crippen MR) is 138 cm³/mol. The molecular formula is C25H28N4O6S2. The predicted octanol–water partition coefficient (Wildman–Crippen LogP) is 2.51. The van der Waals surface area contributed by atoms with Crippen LogP contribution in [0.4, 0.5) is 5.82 Å². The fourth-order valence-electron chi connectivity index (χ4n) is 5.04. The van der Waals surface area contributed by atoms with E-state index < -0.39 is 22.3 Å². The van der Waals surface area contributed by atoms with Crippen molar-refractivity contribution in [1.29, 1.82) is 0 Å². The quantitative estimate of drug-likeness (QED) is 0.363. The molecule has 37 heavy (non-hydrogen) atoms. The maximum absolute atomic E-state index is 13.6. The Balaban J connectivity index is 1.34. The number of nitrogens with zero attached hydrogens (tertiary/aromatic N) is 2. The normalized spacial score (nSPS) is 23.5. The third-order valence-electron chi connectivity index (χ3n) is 6.86. The van der Waals surface area contributed by atoms with Gasteiger partial charge in [0.2, 0.25) is 5.78 Å². The highest BCUT2D eigenvalue weighted by Crippen LogP contribution is 2.38. The van der Waals surface area contributed by atoms with E-state index in [0.29, 0.717) is 35.7 Å². The summed E-state index contributed by atoms with van der Waals surface area (Å²) in [6, 6.07) is 9.87. The molecule has 5 rings (SSSR count). The van der Waals surface area contributed by atoms with Gasteiger partial charge in [0.1, 0.15) is 18.2 Å². The molecule has 1 aromatic carbocycles. The van der Waals surface area contributed by atoms with Gasteiger partial charge in [0.25, 0.3) is 0 Å². The lowest BCUT2D eigenvalue weighted by atomic mass is 9.93. The highest BCUT2D eigenvalue weighted by Gasteiger charge is 2.35. The Hall–Kier alpha value is -2.74. The van der Waals surface area contributed by atoms with Crippen LogP contribution < -0.4 is 10.5 Å². The number of aromatic nitrogens is 2. The maximum atomic E-state index is 13.6. The third kappa shape index (κ3) is 5.74. The molecule has 12 heteroatoms. The maximum Gasteiger partial charge on any atom is 0.333 e. The molecule has 2 aliphatic rings. The molecule has 0 saturated heterocycles. The van der Waals surface area contributed by atoms with Crippen LogP contribution in [0.3, 0.4) is 0 Å². The molecule has 1 fully saturated rings. The molecule has 4 N–H and O–H groups in total. The Kier molecular flexibility index (Phi) is 7.39. The number of benzene rings is 1. The lowest BCUT2D eigenvalue weighted by Crippen LogP contribution is -2.24. The molecule has 1 saturated carbocycles. The molecule has 3 aromatic rings. The molecule has 3 heterocycles. The number of nitrogens with one attached hydrogen (secondary N) is 1. The first-order valence-corrected chi connectivity index (χ1v) is 14.2. The van der Waals surface area contributed by atoms with Crippen molar-refractivity contribution in [3.05, 3.63) is 74.9 Å². The number of thiophene rings is 1. The third-order valence-corrected chi connectivity index (χ3v) is 8.39. The summed E-state index contributed by atoms with van der Waals surface area (Å²) in [6.45, 7) is 2.40. The molecule has 0 amide bonds. The number of anilines is 1. The molecule has 0 spiro atoms. The van der Waals surface area contributed by atoms with Crippen LogP contribution in [0.1, 0.15) is 55.7 Å². The second-order valence-corrected chi connectivity index (χ2v) is 11.8. The topological polar surface area (TPSA) is 154 Å². The molecule has 10 nitrogen and oxygen atoms in total. The van der Waals surface area contributed by atoms with Gasteiger partial charge in [-0.05, 0) is 48.9 Å². The standard InChI is InChI=1S/C25H28N4O6S2/c1-14-19(24-18-5-3-2-4-15(18)6-7-34-24)10-22(36-14)23(31)20-11-27-13-28-25(20)29-17-8-16(21(30)9-17)12-35-37(26,32)33/h2-5,10-11,13,16-17,21,24,30H,6-9,12H2,1H3,(H2,26,32,33)(H,27,28,29)/t16-,17-,21+,24-/m1/s1. The molecule has 0 unspecified atom stereocenters. The van der Waals surface area contributed by atoms with Crippen molar-refractivity contribution in [2.75, 3.05) is 18.5 Å². The fraction of sp³-hybridized carbons (Fsp3) is 0.400. The molecular weight excluding hydrogens is 516 g/mol. The van der Waals surface area contributed by atoms with Crippen molar-refractivity contribution in [2.45, 2.75) is 44.4 Å². The number of aliphatic hydroxyl groups is 1. The zero-order chi connectivity index (χ0) is 26.2.